The summed E-state index contributed by atoms with van der Waals surface area (Å²) in [6.07, 6.45) is 0. The summed E-state index contributed by atoms with van der Waals surface area (Å²) in [6.45, 7) is -0.608. The van der Waals surface area contributed by atoms with Crippen LogP contribution in [0.4, 0.5) is 26.3 Å². The van der Waals surface area contributed by atoms with Gasteiger partial charge in [-0.05, 0) is 0 Å². The molecule has 0 bridgehead atoms. The average Bonchev–Trinajstić information content (AvgIpc) is 3.42. The Morgan fingerprint density at radius 3 is 0.616 bits per heavy atom. The standard InChI is InChI=1S/3C19H16F2O2P.Ir/c3*20-16-12-11-15(19(21)13-16)14-23-24(22,17-7-3-1-4-8-17)18-9-5-2-6-10-18;/h3*1-13,24H,14H2;/q3*-1;+3. The Morgan fingerprint density at radius 2 is 0.452 bits per heavy atom. The number of benzene rings is 9. The number of hydrogen-bond donors (Lipinski definition) is 0. The summed E-state index contributed by atoms with van der Waals surface area (Å²) in [5.74, 6) is -4.12. The molecule has 9 aromatic carbocycles. The van der Waals surface area contributed by atoms with Crippen LogP contribution in [0.15, 0.2) is 237 Å². The van der Waals surface area contributed by atoms with E-state index in [9.17, 15) is 41.0 Å². The second-order valence-electron chi connectivity index (χ2n) is 16.1. The molecule has 0 atom stereocenters. The van der Waals surface area contributed by atoms with Gasteiger partial charge in [0.25, 0.3) is 0 Å². The van der Waals surface area contributed by atoms with Gasteiger partial charge in [-0.25, -0.2) is 0 Å². The van der Waals surface area contributed by atoms with E-state index in [2.05, 4.69) is 0 Å². The number of rotatable bonds is 15. The van der Waals surface area contributed by atoms with Crippen LogP contribution in [0, 0.1) is 34.9 Å². The Morgan fingerprint density at radius 1 is 0.274 bits per heavy atom. The van der Waals surface area contributed by atoms with Crippen molar-refractivity contribution < 1.29 is 74.7 Å². The van der Waals surface area contributed by atoms with Crippen molar-refractivity contribution in [1.82, 2.24) is 0 Å². The van der Waals surface area contributed by atoms with E-state index >= 15 is 0 Å². The van der Waals surface area contributed by atoms with E-state index in [-0.39, 0.29) is 56.6 Å². The van der Waals surface area contributed by atoms with E-state index in [1.54, 1.807) is 146 Å². The summed E-state index contributed by atoms with van der Waals surface area (Å²) >= 11 is 0. The van der Waals surface area contributed by atoms with Gasteiger partial charge in [0.2, 0.25) is 0 Å². The normalized spacial score (nSPS) is 12.0. The summed E-state index contributed by atoms with van der Waals surface area (Å²) in [4.78, 5) is 40.7. The first-order valence-electron chi connectivity index (χ1n) is 22.5. The van der Waals surface area contributed by atoms with Gasteiger partial charge in [-0.1, -0.05) is 0 Å². The summed E-state index contributed by atoms with van der Waals surface area (Å²) < 4.78 is 97.7. The van der Waals surface area contributed by atoms with Crippen molar-refractivity contribution in [3.05, 3.63) is 288 Å². The fourth-order valence-corrected chi connectivity index (χ4v) is 14.3. The fourth-order valence-electron chi connectivity index (χ4n) is 7.40. The molecule has 9 rings (SSSR count). The maximum absolute atomic E-state index is 13.8. The molecule has 0 aliphatic heterocycles. The van der Waals surface area contributed by atoms with E-state index in [1.165, 1.54) is 18.2 Å². The van der Waals surface area contributed by atoms with Crippen LogP contribution in [0.1, 0.15) is 16.7 Å². The van der Waals surface area contributed by atoms with Crippen molar-refractivity contribution in [3.63, 3.8) is 0 Å². The van der Waals surface area contributed by atoms with Crippen molar-refractivity contribution in [1.29, 1.82) is 0 Å². The summed E-state index contributed by atoms with van der Waals surface area (Å²) in [5, 5.41) is 3.33. The SMILES string of the molecule is [Ir+3].[O-][PH](OCc1ccc(F)cc1F)(c1ccccc1)c1ccccc1.[O-][PH](OCc1ccc(F)cc1F)(c1ccccc1)c1ccccc1.[O-][PH](OCc1ccc(F)cc1F)(c1ccccc1)c1ccccc1. The van der Waals surface area contributed by atoms with Gasteiger partial charge in [-0.3, -0.25) is 0 Å². The predicted molar refractivity (Wildman–Crippen MR) is 275 cm³/mol. The first-order chi connectivity index (χ1) is 34.8. The first-order valence-corrected chi connectivity index (χ1v) is 27.9. The van der Waals surface area contributed by atoms with E-state index in [1.807, 2.05) is 36.4 Å². The molecule has 0 saturated heterocycles. The molecule has 0 aliphatic carbocycles. The Kier molecular flexibility index (Phi) is 20.9. The zero-order valence-corrected chi connectivity index (χ0v) is 44.1. The predicted octanol–water partition coefficient (Wildman–Crippen LogP) is 9.22. The molecule has 0 unspecified atom stereocenters. The van der Waals surface area contributed by atoms with Crippen LogP contribution in [0.25, 0.3) is 0 Å². The molecular weight excluding hydrogens is 1180 g/mol. The van der Waals surface area contributed by atoms with E-state index < -0.39 is 58.1 Å². The number of hydrogen-bond acceptors (Lipinski definition) is 6. The average molecular weight is 1230 g/mol. The molecule has 378 valence electrons. The molecule has 73 heavy (non-hydrogen) atoms. The van der Waals surface area contributed by atoms with Crippen LogP contribution in [0.5, 0.6) is 0 Å². The molecule has 6 nitrogen and oxygen atoms in total. The second kappa shape index (κ2) is 27.0. The maximum atomic E-state index is 13.8. The van der Waals surface area contributed by atoms with Crippen molar-refractivity contribution >= 4 is 55.0 Å². The van der Waals surface area contributed by atoms with Gasteiger partial charge in [-0.15, -0.1) is 0 Å². The monoisotopic (exact) mass is 1230 g/mol. The molecule has 0 aromatic heterocycles. The van der Waals surface area contributed by atoms with Crippen LogP contribution < -0.4 is 46.5 Å². The van der Waals surface area contributed by atoms with Crippen molar-refractivity contribution in [2.24, 2.45) is 0 Å². The Hall–Kier alpha value is -5.74. The molecule has 0 spiro atoms. The first kappa shape index (κ1) is 56.6. The zero-order valence-electron chi connectivity index (χ0n) is 38.7. The molecule has 9 aromatic rings. The van der Waals surface area contributed by atoms with E-state index in [0.29, 0.717) is 31.8 Å². The molecule has 0 aliphatic rings. The quantitative estimate of drug-likeness (QED) is 0.0751. The molecule has 0 heterocycles. The zero-order chi connectivity index (χ0) is 51.0. The van der Waals surface area contributed by atoms with Crippen molar-refractivity contribution in [3.8, 4) is 0 Å². The summed E-state index contributed by atoms with van der Waals surface area (Å²) in [6, 6.07) is 62.7. The Labute approximate surface area is 435 Å². The molecule has 0 radical (unpaired) electrons. The van der Waals surface area contributed by atoms with Gasteiger partial charge in [0.05, 0.1) is 0 Å². The van der Waals surface area contributed by atoms with Gasteiger partial charge in [0, 0.05) is 0 Å². The summed E-state index contributed by atoms with van der Waals surface area (Å²) in [5.41, 5.74) is 0.489. The third-order valence-corrected chi connectivity index (χ3v) is 19.5. The van der Waals surface area contributed by atoms with E-state index in [0.717, 1.165) is 36.4 Å². The molecule has 0 amide bonds. The second-order valence-corrected chi connectivity index (χ2v) is 24.1. The molecule has 0 saturated carbocycles. The Balaban J connectivity index is 0.000000177. The van der Waals surface area contributed by atoms with Crippen LogP contribution in [-0.2, 0) is 53.5 Å². The minimum absolute atomic E-state index is 0. The number of halogens is 6. The van der Waals surface area contributed by atoms with Crippen LogP contribution >= 0.6 is 23.1 Å². The topological polar surface area (TPSA) is 96.9 Å². The van der Waals surface area contributed by atoms with Gasteiger partial charge < -0.3 is 0 Å². The van der Waals surface area contributed by atoms with E-state index in [4.69, 9.17) is 13.6 Å². The van der Waals surface area contributed by atoms with Gasteiger partial charge in [0.1, 0.15) is 0 Å². The molecule has 16 heteroatoms. The van der Waals surface area contributed by atoms with Gasteiger partial charge in [0.15, 0.2) is 0 Å². The van der Waals surface area contributed by atoms with Gasteiger partial charge in [-0.2, -0.15) is 0 Å². The van der Waals surface area contributed by atoms with Crippen molar-refractivity contribution in [2.75, 3.05) is 0 Å². The molecule has 0 fully saturated rings. The molecular formula is C57H48F6IrO6P3. The van der Waals surface area contributed by atoms with Gasteiger partial charge >= 0.3 is 438 Å². The van der Waals surface area contributed by atoms with Crippen LogP contribution in [-0.4, -0.2) is 0 Å². The Bertz CT molecular complexity index is 2650. The third kappa shape index (κ3) is 15.0. The van der Waals surface area contributed by atoms with Crippen LogP contribution in [0.2, 0.25) is 0 Å². The molecule has 0 N–H and O–H groups in total. The summed E-state index contributed by atoms with van der Waals surface area (Å²) in [7, 11) is -11.2. The van der Waals surface area contributed by atoms with Crippen molar-refractivity contribution in [2.45, 2.75) is 19.8 Å². The van der Waals surface area contributed by atoms with Crippen LogP contribution in [0.3, 0.4) is 0 Å². The fraction of sp³-hybridized carbons (Fsp3) is 0.0526. The minimum atomic E-state index is -3.73. The third-order valence-electron chi connectivity index (χ3n) is 11.3.